The minimum atomic E-state index is 0.631. The van der Waals surface area contributed by atoms with Gasteiger partial charge in [0, 0.05) is 18.1 Å². The molecule has 17 heavy (non-hydrogen) atoms. The smallest absolute Gasteiger partial charge is 0.0992 e. The second kappa shape index (κ2) is 5.53. The van der Waals surface area contributed by atoms with E-state index < -0.39 is 0 Å². The van der Waals surface area contributed by atoms with E-state index in [1.807, 2.05) is 12.1 Å². The van der Waals surface area contributed by atoms with Crippen LogP contribution < -0.4 is 0 Å². The molecular formula is C14H17ClN2. The molecule has 1 aliphatic rings. The van der Waals surface area contributed by atoms with E-state index in [2.05, 4.69) is 17.9 Å². The molecule has 2 nitrogen and oxygen atoms in total. The molecule has 3 heteroatoms. The van der Waals surface area contributed by atoms with Crippen molar-refractivity contribution in [2.45, 2.75) is 26.3 Å². The summed E-state index contributed by atoms with van der Waals surface area (Å²) in [7, 11) is 0. The second-order valence-corrected chi connectivity index (χ2v) is 5.12. The van der Waals surface area contributed by atoms with Crippen molar-refractivity contribution in [2.75, 3.05) is 13.1 Å². The van der Waals surface area contributed by atoms with Gasteiger partial charge in [-0.05, 0) is 36.6 Å². The first-order valence-electron chi connectivity index (χ1n) is 6.13. The Morgan fingerprint density at radius 1 is 1.53 bits per heavy atom. The topological polar surface area (TPSA) is 27.0 Å². The van der Waals surface area contributed by atoms with Gasteiger partial charge in [0.25, 0.3) is 0 Å². The van der Waals surface area contributed by atoms with Gasteiger partial charge in [0.15, 0.2) is 0 Å². The van der Waals surface area contributed by atoms with Crippen LogP contribution in [-0.2, 0) is 6.54 Å². The van der Waals surface area contributed by atoms with Gasteiger partial charge in [-0.2, -0.15) is 5.26 Å². The molecule has 1 heterocycles. The van der Waals surface area contributed by atoms with Crippen LogP contribution in [0.15, 0.2) is 18.2 Å². The minimum absolute atomic E-state index is 0.631. The highest BCUT2D eigenvalue weighted by Crippen LogP contribution is 2.24. The molecule has 1 saturated heterocycles. The molecule has 1 atom stereocenters. The fraction of sp³-hybridized carbons (Fsp3) is 0.500. The summed E-state index contributed by atoms with van der Waals surface area (Å²) in [6.07, 6.45) is 2.56. The van der Waals surface area contributed by atoms with E-state index in [1.54, 1.807) is 6.07 Å². The number of likely N-dealkylation sites (tertiary alicyclic amines) is 1. The molecule has 1 aromatic carbocycles. The molecule has 1 unspecified atom stereocenters. The molecule has 0 bridgehead atoms. The molecule has 2 rings (SSSR count). The Balaban J connectivity index is 2.02. The first-order chi connectivity index (χ1) is 8.22. The van der Waals surface area contributed by atoms with E-state index in [0.29, 0.717) is 10.6 Å². The van der Waals surface area contributed by atoms with E-state index in [1.165, 1.54) is 19.4 Å². The van der Waals surface area contributed by atoms with Crippen LogP contribution in [0, 0.1) is 17.2 Å². The molecule has 0 amide bonds. The first kappa shape index (κ1) is 12.4. The molecule has 0 aliphatic carbocycles. The molecule has 0 spiro atoms. The van der Waals surface area contributed by atoms with Crippen molar-refractivity contribution in [1.29, 1.82) is 5.26 Å². The average molecular weight is 249 g/mol. The maximum atomic E-state index is 8.78. The van der Waals surface area contributed by atoms with Crippen LogP contribution in [0.5, 0.6) is 0 Å². The SMILES string of the molecule is CCC1CCN(Cc2ccc(C#N)cc2Cl)C1. The van der Waals surface area contributed by atoms with Crippen LogP contribution in [0.3, 0.4) is 0 Å². The Kier molecular flexibility index (Phi) is 4.04. The van der Waals surface area contributed by atoms with E-state index in [9.17, 15) is 0 Å². The quantitative estimate of drug-likeness (QED) is 0.819. The lowest BCUT2D eigenvalue weighted by molar-refractivity contribution is 0.315. The monoisotopic (exact) mass is 248 g/mol. The molecule has 0 saturated carbocycles. The predicted octanol–water partition coefficient (Wildman–Crippen LogP) is 3.44. The third-order valence-corrected chi connectivity index (χ3v) is 3.88. The highest BCUT2D eigenvalue weighted by Gasteiger charge is 2.21. The zero-order chi connectivity index (χ0) is 12.3. The number of hydrogen-bond donors (Lipinski definition) is 0. The molecule has 0 aromatic heterocycles. The number of halogens is 1. The van der Waals surface area contributed by atoms with Gasteiger partial charge in [0.1, 0.15) is 0 Å². The van der Waals surface area contributed by atoms with Crippen molar-refractivity contribution >= 4 is 11.6 Å². The zero-order valence-corrected chi connectivity index (χ0v) is 10.9. The van der Waals surface area contributed by atoms with Crippen LogP contribution >= 0.6 is 11.6 Å². The number of benzene rings is 1. The lowest BCUT2D eigenvalue weighted by atomic mass is 10.1. The predicted molar refractivity (Wildman–Crippen MR) is 69.8 cm³/mol. The molecule has 1 aromatic rings. The Hall–Kier alpha value is -1.04. The summed E-state index contributed by atoms with van der Waals surface area (Å²) in [6, 6.07) is 7.68. The van der Waals surface area contributed by atoms with Crippen LogP contribution in [0.2, 0.25) is 5.02 Å². The van der Waals surface area contributed by atoms with E-state index in [0.717, 1.165) is 24.6 Å². The Morgan fingerprint density at radius 3 is 2.94 bits per heavy atom. The van der Waals surface area contributed by atoms with Crippen molar-refractivity contribution < 1.29 is 0 Å². The molecule has 1 fully saturated rings. The van der Waals surface area contributed by atoms with E-state index in [-0.39, 0.29) is 0 Å². The van der Waals surface area contributed by atoms with Gasteiger partial charge in [-0.1, -0.05) is 31.0 Å². The third kappa shape index (κ3) is 3.00. The third-order valence-electron chi connectivity index (χ3n) is 3.52. The summed E-state index contributed by atoms with van der Waals surface area (Å²) in [5.74, 6) is 0.840. The molecule has 90 valence electrons. The maximum Gasteiger partial charge on any atom is 0.0992 e. The van der Waals surface area contributed by atoms with Crippen molar-refractivity contribution in [3.63, 3.8) is 0 Å². The van der Waals surface area contributed by atoms with Crippen LogP contribution in [0.25, 0.3) is 0 Å². The second-order valence-electron chi connectivity index (χ2n) is 4.72. The van der Waals surface area contributed by atoms with Crippen molar-refractivity contribution in [3.05, 3.63) is 34.3 Å². The van der Waals surface area contributed by atoms with Gasteiger partial charge in [-0.25, -0.2) is 0 Å². The number of nitriles is 1. The van der Waals surface area contributed by atoms with Crippen LogP contribution in [-0.4, -0.2) is 18.0 Å². The Morgan fingerprint density at radius 2 is 2.35 bits per heavy atom. The van der Waals surface area contributed by atoms with Crippen molar-refractivity contribution in [1.82, 2.24) is 4.90 Å². The van der Waals surface area contributed by atoms with Gasteiger partial charge in [0.2, 0.25) is 0 Å². The number of rotatable bonds is 3. The molecular weight excluding hydrogens is 232 g/mol. The summed E-state index contributed by atoms with van der Waals surface area (Å²) in [6.45, 7) is 5.49. The van der Waals surface area contributed by atoms with Crippen molar-refractivity contribution in [2.24, 2.45) is 5.92 Å². The van der Waals surface area contributed by atoms with Gasteiger partial charge in [-0.3, -0.25) is 4.90 Å². The highest BCUT2D eigenvalue weighted by molar-refractivity contribution is 6.31. The average Bonchev–Trinajstić information content (AvgIpc) is 2.79. The summed E-state index contributed by atoms with van der Waals surface area (Å²) in [4.78, 5) is 2.45. The fourth-order valence-corrected chi connectivity index (χ4v) is 2.62. The Labute approximate surface area is 108 Å². The van der Waals surface area contributed by atoms with Gasteiger partial charge < -0.3 is 0 Å². The highest BCUT2D eigenvalue weighted by atomic mass is 35.5. The zero-order valence-electron chi connectivity index (χ0n) is 10.1. The fourth-order valence-electron chi connectivity index (χ4n) is 2.38. The van der Waals surface area contributed by atoms with Crippen LogP contribution in [0.1, 0.15) is 30.9 Å². The summed E-state index contributed by atoms with van der Waals surface area (Å²) < 4.78 is 0. The summed E-state index contributed by atoms with van der Waals surface area (Å²) in [5.41, 5.74) is 1.76. The van der Waals surface area contributed by atoms with Gasteiger partial charge in [-0.15, -0.1) is 0 Å². The molecule has 0 N–H and O–H groups in total. The normalized spacial score (nSPS) is 20.4. The maximum absolute atomic E-state index is 8.78. The standard InChI is InChI=1S/C14H17ClN2/c1-2-11-5-6-17(9-11)10-13-4-3-12(8-16)7-14(13)15/h3-4,7,11H,2,5-6,9-10H2,1H3. The number of nitrogens with zero attached hydrogens (tertiary/aromatic N) is 2. The lowest BCUT2D eigenvalue weighted by Crippen LogP contribution is -2.20. The minimum Gasteiger partial charge on any atom is -0.299 e. The van der Waals surface area contributed by atoms with Gasteiger partial charge in [0.05, 0.1) is 11.6 Å². The lowest BCUT2D eigenvalue weighted by Gasteiger charge is -2.16. The van der Waals surface area contributed by atoms with E-state index in [4.69, 9.17) is 16.9 Å². The Bertz CT molecular complexity index is 436. The summed E-state index contributed by atoms with van der Waals surface area (Å²) in [5, 5.41) is 9.50. The molecule has 1 aliphatic heterocycles. The van der Waals surface area contributed by atoms with Crippen LogP contribution in [0.4, 0.5) is 0 Å². The first-order valence-corrected chi connectivity index (χ1v) is 6.51. The largest absolute Gasteiger partial charge is 0.299 e. The van der Waals surface area contributed by atoms with Crippen molar-refractivity contribution in [3.8, 4) is 6.07 Å². The van der Waals surface area contributed by atoms with E-state index >= 15 is 0 Å². The molecule has 0 radical (unpaired) electrons. The van der Waals surface area contributed by atoms with Gasteiger partial charge >= 0.3 is 0 Å². The summed E-state index contributed by atoms with van der Waals surface area (Å²) >= 11 is 6.18. The number of hydrogen-bond acceptors (Lipinski definition) is 2.